The van der Waals surface area contributed by atoms with Gasteiger partial charge in [-0.05, 0) is 58.6 Å². The number of carboxylic acids is 1. The van der Waals surface area contributed by atoms with Crippen LogP contribution in [0.2, 0.25) is 0 Å². The van der Waals surface area contributed by atoms with Gasteiger partial charge in [0.15, 0.2) is 4.21 Å². The van der Waals surface area contributed by atoms with E-state index in [1.54, 1.807) is 0 Å². The van der Waals surface area contributed by atoms with Crippen molar-refractivity contribution in [3.8, 4) is 0 Å². The molecule has 1 aromatic heterocycles. The molecule has 3 N–H and O–H groups in total. The van der Waals surface area contributed by atoms with Crippen molar-refractivity contribution in [3.05, 3.63) is 39.7 Å². The lowest BCUT2D eigenvalue weighted by atomic mass is 10.1. The fourth-order valence-electron chi connectivity index (χ4n) is 2.11. The second kappa shape index (κ2) is 8.91. The SMILES string of the molecule is CC(C)CCNS(=O)(=O)c1ccc(NS(=O)(=O)c2sc(C(=O)O)cc2Br)cc1. The summed E-state index contributed by atoms with van der Waals surface area (Å²) in [6.07, 6.45) is 0.700. The molecule has 8 nitrogen and oxygen atoms in total. The van der Waals surface area contributed by atoms with Gasteiger partial charge in [0.1, 0.15) is 4.88 Å². The highest BCUT2D eigenvalue weighted by Gasteiger charge is 2.24. The minimum Gasteiger partial charge on any atom is -0.477 e. The van der Waals surface area contributed by atoms with Gasteiger partial charge in [0.25, 0.3) is 10.0 Å². The Kier molecular flexibility index (Phi) is 7.26. The Morgan fingerprint density at radius 2 is 1.75 bits per heavy atom. The van der Waals surface area contributed by atoms with E-state index in [9.17, 15) is 21.6 Å². The monoisotopic (exact) mass is 510 g/mol. The number of sulfonamides is 2. The lowest BCUT2D eigenvalue weighted by Gasteiger charge is -2.10. The zero-order valence-electron chi connectivity index (χ0n) is 15.0. The summed E-state index contributed by atoms with van der Waals surface area (Å²) in [5.41, 5.74) is 0.151. The molecule has 2 aromatic rings. The third-order valence-corrected chi connectivity index (χ3v) is 9.21. The average molecular weight is 511 g/mol. The summed E-state index contributed by atoms with van der Waals surface area (Å²) in [5.74, 6) is -0.871. The molecule has 0 aliphatic carbocycles. The highest BCUT2D eigenvalue weighted by Crippen LogP contribution is 2.33. The molecule has 0 atom stereocenters. The van der Waals surface area contributed by atoms with E-state index < -0.39 is 26.0 Å². The Labute approximate surface area is 176 Å². The number of hydrogen-bond donors (Lipinski definition) is 3. The first-order valence-corrected chi connectivity index (χ1v) is 12.6. The lowest BCUT2D eigenvalue weighted by molar-refractivity contribution is 0.0702. The van der Waals surface area contributed by atoms with E-state index in [-0.39, 0.29) is 24.1 Å². The van der Waals surface area contributed by atoms with E-state index in [0.717, 1.165) is 0 Å². The number of thiophene rings is 1. The molecular weight excluding hydrogens is 492 g/mol. The van der Waals surface area contributed by atoms with Gasteiger partial charge in [0.05, 0.1) is 4.90 Å². The first-order valence-electron chi connectivity index (χ1n) is 8.07. The second-order valence-electron chi connectivity index (χ2n) is 6.26. The highest BCUT2D eigenvalue weighted by atomic mass is 79.9. The Balaban J connectivity index is 2.16. The lowest BCUT2D eigenvalue weighted by Crippen LogP contribution is -2.25. The molecule has 0 aliphatic heterocycles. The first kappa shape index (κ1) is 22.8. The van der Waals surface area contributed by atoms with Crippen LogP contribution < -0.4 is 9.44 Å². The van der Waals surface area contributed by atoms with Crippen molar-refractivity contribution < 1.29 is 26.7 Å². The van der Waals surface area contributed by atoms with Crippen molar-refractivity contribution >= 4 is 59.0 Å². The summed E-state index contributed by atoms with van der Waals surface area (Å²) in [7, 11) is -7.71. The maximum Gasteiger partial charge on any atom is 0.345 e. The second-order valence-corrected chi connectivity index (χ2v) is 11.8. The fourth-order valence-corrected chi connectivity index (χ4v) is 6.73. The van der Waals surface area contributed by atoms with Crippen LogP contribution in [0.15, 0.2) is 43.9 Å². The minimum atomic E-state index is -4.04. The third-order valence-electron chi connectivity index (χ3n) is 3.54. The summed E-state index contributed by atoms with van der Waals surface area (Å²) < 4.78 is 54.2. The van der Waals surface area contributed by atoms with E-state index in [1.165, 1.54) is 30.3 Å². The number of halogens is 1. The summed E-state index contributed by atoms with van der Waals surface area (Å²) >= 11 is 3.66. The van der Waals surface area contributed by atoms with Crippen molar-refractivity contribution in [2.75, 3.05) is 11.3 Å². The zero-order valence-corrected chi connectivity index (χ0v) is 19.0. The minimum absolute atomic E-state index is 0.0182. The molecule has 12 heteroatoms. The maximum absolute atomic E-state index is 12.5. The summed E-state index contributed by atoms with van der Waals surface area (Å²) in [6, 6.07) is 6.45. The van der Waals surface area contributed by atoms with E-state index >= 15 is 0 Å². The normalized spacial score (nSPS) is 12.3. The predicted octanol–water partition coefficient (Wildman–Crippen LogP) is 3.33. The number of rotatable bonds is 9. The van der Waals surface area contributed by atoms with Crippen LogP contribution in [-0.2, 0) is 20.0 Å². The van der Waals surface area contributed by atoms with Gasteiger partial charge < -0.3 is 5.11 Å². The highest BCUT2D eigenvalue weighted by molar-refractivity contribution is 9.10. The van der Waals surface area contributed by atoms with Gasteiger partial charge in [-0.3, -0.25) is 4.72 Å². The van der Waals surface area contributed by atoms with E-state index in [2.05, 4.69) is 25.4 Å². The van der Waals surface area contributed by atoms with Crippen molar-refractivity contribution in [2.45, 2.75) is 29.4 Å². The molecule has 1 heterocycles. The largest absolute Gasteiger partial charge is 0.477 e. The van der Waals surface area contributed by atoms with Gasteiger partial charge in [-0.15, -0.1) is 11.3 Å². The smallest absolute Gasteiger partial charge is 0.345 e. The molecule has 0 fully saturated rings. The number of hydrogen-bond acceptors (Lipinski definition) is 6. The van der Waals surface area contributed by atoms with Gasteiger partial charge in [0.2, 0.25) is 10.0 Å². The van der Waals surface area contributed by atoms with E-state index in [1.807, 2.05) is 13.8 Å². The number of anilines is 1. The molecule has 0 spiro atoms. The molecule has 28 heavy (non-hydrogen) atoms. The van der Waals surface area contributed by atoms with Gasteiger partial charge in [0, 0.05) is 16.7 Å². The van der Waals surface area contributed by atoms with Crippen LogP contribution in [0.5, 0.6) is 0 Å². The number of aromatic carboxylic acids is 1. The van der Waals surface area contributed by atoms with Crippen LogP contribution in [0, 0.1) is 5.92 Å². The molecule has 0 unspecified atom stereocenters. The Morgan fingerprint density at radius 1 is 1.14 bits per heavy atom. The van der Waals surface area contributed by atoms with Crippen LogP contribution in [0.1, 0.15) is 29.9 Å². The molecular formula is C16H19BrN2O6S3. The molecule has 0 amide bonds. The van der Waals surface area contributed by atoms with Crippen LogP contribution in [0.4, 0.5) is 5.69 Å². The first-order chi connectivity index (χ1) is 12.9. The quantitative estimate of drug-likeness (QED) is 0.474. The molecule has 0 saturated heterocycles. The van der Waals surface area contributed by atoms with Gasteiger partial charge in [-0.25, -0.2) is 26.4 Å². The number of carboxylic acid groups (broad SMARTS) is 1. The maximum atomic E-state index is 12.5. The van der Waals surface area contributed by atoms with E-state index in [0.29, 0.717) is 30.2 Å². The summed E-state index contributed by atoms with van der Waals surface area (Å²) in [6.45, 7) is 4.29. The average Bonchev–Trinajstić information content (AvgIpc) is 2.97. The topological polar surface area (TPSA) is 130 Å². The zero-order chi connectivity index (χ0) is 21.1. The number of carbonyl (C=O) groups is 1. The third kappa shape index (κ3) is 5.77. The van der Waals surface area contributed by atoms with Crippen molar-refractivity contribution in [1.82, 2.24) is 4.72 Å². The van der Waals surface area contributed by atoms with Crippen LogP contribution in [0.3, 0.4) is 0 Å². The standard InChI is InChI=1S/C16H19BrN2O6S3/c1-10(2)7-8-18-27(22,23)12-5-3-11(4-6-12)19-28(24,25)16-13(17)9-14(26-16)15(20)21/h3-6,9-10,18-19H,7-8H2,1-2H3,(H,20,21). The predicted molar refractivity (Wildman–Crippen MR) is 111 cm³/mol. The van der Waals surface area contributed by atoms with Crippen molar-refractivity contribution in [1.29, 1.82) is 0 Å². The van der Waals surface area contributed by atoms with Gasteiger partial charge in [-0.2, -0.15) is 0 Å². The van der Waals surface area contributed by atoms with Crippen molar-refractivity contribution in [2.24, 2.45) is 5.92 Å². The van der Waals surface area contributed by atoms with Gasteiger partial charge in [-0.1, -0.05) is 13.8 Å². The van der Waals surface area contributed by atoms with Gasteiger partial charge >= 0.3 is 5.97 Å². The summed E-state index contributed by atoms with van der Waals surface area (Å²) in [5, 5.41) is 8.99. The Morgan fingerprint density at radius 3 is 2.25 bits per heavy atom. The van der Waals surface area contributed by atoms with Crippen LogP contribution >= 0.6 is 27.3 Å². The Hall–Kier alpha value is -1.47. The van der Waals surface area contributed by atoms with Crippen LogP contribution in [0.25, 0.3) is 0 Å². The molecule has 0 saturated carbocycles. The fraction of sp³-hybridized carbons (Fsp3) is 0.312. The Bertz CT molecular complexity index is 1060. The molecule has 154 valence electrons. The van der Waals surface area contributed by atoms with E-state index in [4.69, 9.17) is 5.11 Å². The summed E-state index contributed by atoms with van der Waals surface area (Å²) in [4.78, 5) is 10.9. The number of nitrogens with one attached hydrogen (secondary N) is 2. The molecule has 0 radical (unpaired) electrons. The number of benzene rings is 1. The molecule has 0 aliphatic rings. The molecule has 0 bridgehead atoms. The molecule has 2 rings (SSSR count). The van der Waals surface area contributed by atoms with Crippen LogP contribution in [-0.4, -0.2) is 34.5 Å². The molecule has 1 aromatic carbocycles. The van der Waals surface area contributed by atoms with Crippen molar-refractivity contribution in [3.63, 3.8) is 0 Å².